The molecule has 1 aromatic rings. The zero-order chi connectivity index (χ0) is 15.0. The van der Waals surface area contributed by atoms with Gasteiger partial charge in [-0.2, -0.15) is 0 Å². The van der Waals surface area contributed by atoms with Gasteiger partial charge in [0.2, 0.25) is 0 Å². The lowest BCUT2D eigenvalue weighted by molar-refractivity contribution is 0.00578. The molecule has 2 rings (SSSR count). The van der Waals surface area contributed by atoms with E-state index in [4.69, 9.17) is 9.31 Å². The summed E-state index contributed by atoms with van der Waals surface area (Å²) in [6.07, 6.45) is 4.76. The van der Waals surface area contributed by atoms with Crippen LogP contribution in [0.1, 0.15) is 50.5 Å². The molecule has 106 valence electrons. The first-order valence-corrected chi connectivity index (χ1v) is 6.88. The highest BCUT2D eigenvalue weighted by atomic mass is 16.7. The second kappa shape index (κ2) is 5.19. The molecular weight excluding hydrogens is 251 g/mol. The van der Waals surface area contributed by atoms with Gasteiger partial charge in [-0.15, -0.1) is 0 Å². The second-order valence-electron chi connectivity index (χ2n) is 6.09. The Bertz CT molecular complexity index is 531. The van der Waals surface area contributed by atoms with E-state index < -0.39 is 18.3 Å². The summed E-state index contributed by atoms with van der Waals surface area (Å²) in [7, 11) is -0.500. The zero-order valence-corrected chi connectivity index (χ0v) is 12.8. The molecule has 1 saturated heterocycles. The average Bonchev–Trinajstić information content (AvgIpc) is 2.58. The van der Waals surface area contributed by atoms with Gasteiger partial charge in [-0.1, -0.05) is 24.3 Å². The average molecular weight is 272 g/mol. The quantitative estimate of drug-likeness (QED) is 0.627. The van der Waals surface area contributed by atoms with Gasteiger partial charge in [0, 0.05) is 5.56 Å². The van der Waals surface area contributed by atoms with E-state index in [9.17, 15) is 4.79 Å². The molecule has 3 nitrogen and oxygen atoms in total. The van der Waals surface area contributed by atoms with Crippen LogP contribution in [0.25, 0.3) is 6.08 Å². The first-order valence-electron chi connectivity index (χ1n) is 6.88. The van der Waals surface area contributed by atoms with Crippen molar-refractivity contribution >= 4 is 24.9 Å². The lowest BCUT2D eigenvalue weighted by atomic mass is 9.75. The molecule has 1 fully saturated rings. The SMILES string of the molecule is C/C=C/c1ccc(B2OC(C)(C)C(C)(C)O2)c(C=O)c1. The van der Waals surface area contributed by atoms with E-state index in [0.29, 0.717) is 5.56 Å². The van der Waals surface area contributed by atoms with E-state index in [-0.39, 0.29) is 0 Å². The van der Waals surface area contributed by atoms with Crippen molar-refractivity contribution in [1.82, 2.24) is 0 Å². The van der Waals surface area contributed by atoms with Gasteiger partial charge in [-0.05, 0) is 51.7 Å². The van der Waals surface area contributed by atoms with Crippen molar-refractivity contribution in [2.75, 3.05) is 0 Å². The third-order valence-corrected chi connectivity index (χ3v) is 4.10. The largest absolute Gasteiger partial charge is 0.495 e. The van der Waals surface area contributed by atoms with Crippen LogP contribution in [0.4, 0.5) is 0 Å². The van der Waals surface area contributed by atoms with Crippen LogP contribution < -0.4 is 5.46 Å². The van der Waals surface area contributed by atoms with Gasteiger partial charge < -0.3 is 9.31 Å². The summed E-state index contributed by atoms with van der Waals surface area (Å²) in [4.78, 5) is 11.3. The van der Waals surface area contributed by atoms with Crippen molar-refractivity contribution in [1.29, 1.82) is 0 Å². The number of aldehydes is 1. The number of benzene rings is 1. The van der Waals surface area contributed by atoms with E-state index >= 15 is 0 Å². The summed E-state index contributed by atoms with van der Waals surface area (Å²) in [5, 5.41) is 0. The number of rotatable bonds is 3. The Morgan fingerprint density at radius 3 is 2.20 bits per heavy atom. The molecule has 0 saturated carbocycles. The predicted molar refractivity (Wildman–Crippen MR) is 82.3 cm³/mol. The van der Waals surface area contributed by atoms with Crippen LogP contribution in [-0.4, -0.2) is 24.6 Å². The van der Waals surface area contributed by atoms with Crippen LogP contribution in [0.15, 0.2) is 24.3 Å². The van der Waals surface area contributed by atoms with Crippen LogP contribution in [-0.2, 0) is 9.31 Å². The molecule has 0 N–H and O–H groups in total. The number of carbonyl (C=O) groups excluding carboxylic acids is 1. The maximum atomic E-state index is 11.3. The lowest BCUT2D eigenvalue weighted by Gasteiger charge is -2.32. The van der Waals surface area contributed by atoms with Crippen molar-refractivity contribution in [3.63, 3.8) is 0 Å². The highest BCUT2D eigenvalue weighted by molar-refractivity contribution is 6.63. The molecule has 0 amide bonds. The highest BCUT2D eigenvalue weighted by Gasteiger charge is 2.52. The summed E-state index contributed by atoms with van der Waals surface area (Å²) in [6, 6.07) is 5.72. The smallest absolute Gasteiger partial charge is 0.399 e. The van der Waals surface area contributed by atoms with Gasteiger partial charge in [0.05, 0.1) is 11.2 Å². The van der Waals surface area contributed by atoms with Gasteiger partial charge in [0.25, 0.3) is 0 Å². The van der Waals surface area contributed by atoms with Gasteiger partial charge in [-0.25, -0.2) is 0 Å². The molecule has 1 heterocycles. The second-order valence-corrected chi connectivity index (χ2v) is 6.09. The molecule has 4 heteroatoms. The fourth-order valence-electron chi connectivity index (χ4n) is 2.18. The maximum Gasteiger partial charge on any atom is 0.495 e. The molecule has 20 heavy (non-hydrogen) atoms. The molecule has 0 spiro atoms. The van der Waals surface area contributed by atoms with Crippen LogP contribution >= 0.6 is 0 Å². The maximum absolute atomic E-state index is 11.3. The minimum absolute atomic E-state index is 0.403. The van der Waals surface area contributed by atoms with Crippen molar-refractivity contribution in [2.24, 2.45) is 0 Å². The predicted octanol–water partition coefficient (Wildman–Crippen LogP) is 2.83. The van der Waals surface area contributed by atoms with E-state index in [1.807, 2.05) is 65.0 Å². The summed E-state index contributed by atoms with van der Waals surface area (Å²) in [6.45, 7) is 9.95. The normalized spacial score (nSPS) is 20.6. The zero-order valence-electron chi connectivity index (χ0n) is 12.8. The van der Waals surface area contributed by atoms with Gasteiger partial charge >= 0.3 is 7.12 Å². The molecular formula is C16H21BO3. The molecule has 0 radical (unpaired) electrons. The Balaban J connectivity index is 2.37. The summed E-state index contributed by atoms with van der Waals surface area (Å²) >= 11 is 0. The molecule has 0 atom stereocenters. The fourth-order valence-corrected chi connectivity index (χ4v) is 2.18. The molecule has 0 unspecified atom stereocenters. The van der Waals surface area contributed by atoms with E-state index in [1.54, 1.807) is 0 Å². The Kier molecular flexibility index (Phi) is 3.89. The summed E-state index contributed by atoms with van der Waals surface area (Å²) in [5.41, 5.74) is 1.58. The van der Waals surface area contributed by atoms with Crippen molar-refractivity contribution < 1.29 is 14.1 Å². The van der Waals surface area contributed by atoms with Gasteiger partial charge in [0.15, 0.2) is 0 Å². The molecule has 0 bridgehead atoms. The van der Waals surface area contributed by atoms with Crippen LogP contribution in [0.2, 0.25) is 0 Å². The molecule has 1 aliphatic rings. The van der Waals surface area contributed by atoms with Crippen LogP contribution in [0.5, 0.6) is 0 Å². The monoisotopic (exact) mass is 272 g/mol. The first-order chi connectivity index (χ1) is 9.30. The Labute approximate surface area is 121 Å². The molecule has 1 aliphatic heterocycles. The first kappa shape index (κ1) is 15.0. The van der Waals surface area contributed by atoms with Crippen LogP contribution in [0, 0.1) is 0 Å². The third kappa shape index (κ3) is 2.58. The molecule has 0 aliphatic carbocycles. The van der Waals surface area contributed by atoms with Crippen molar-refractivity contribution in [3.8, 4) is 0 Å². The topological polar surface area (TPSA) is 35.5 Å². The standard InChI is InChI=1S/C16H21BO3/c1-6-7-12-8-9-14(13(10-12)11-18)17-19-15(2,3)16(4,5)20-17/h6-11H,1-5H3/b7-6+. The lowest BCUT2D eigenvalue weighted by Crippen LogP contribution is -2.41. The number of carbonyl (C=O) groups is 1. The van der Waals surface area contributed by atoms with Gasteiger partial charge in [-0.3, -0.25) is 4.79 Å². The Hall–Kier alpha value is -1.39. The van der Waals surface area contributed by atoms with Gasteiger partial charge in [0.1, 0.15) is 6.29 Å². The fraction of sp³-hybridized carbons (Fsp3) is 0.438. The van der Waals surface area contributed by atoms with Crippen molar-refractivity contribution in [2.45, 2.75) is 45.8 Å². The van der Waals surface area contributed by atoms with Crippen LogP contribution in [0.3, 0.4) is 0 Å². The Morgan fingerprint density at radius 2 is 1.70 bits per heavy atom. The number of allylic oxidation sites excluding steroid dienone is 1. The van der Waals surface area contributed by atoms with E-state index in [1.165, 1.54) is 0 Å². The third-order valence-electron chi connectivity index (χ3n) is 4.10. The van der Waals surface area contributed by atoms with Crippen molar-refractivity contribution in [3.05, 3.63) is 35.4 Å². The number of hydrogen-bond acceptors (Lipinski definition) is 3. The highest BCUT2D eigenvalue weighted by Crippen LogP contribution is 2.36. The number of hydrogen-bond donors (Lipinski definition) is 0. The minimum atomic E-state index is -0.500. The Morgan fingerprint density at radius 1 is 1.10 bits per heavy atom. The summed E-state index contributed by atoms with van der Waals surface area (Å²) in [5.74, 6) is 0. The van der Waals surface area contributed by atoms with E-state index in [0.717, 1.165) is 17.3 Å². The van der Waals surface area contributed by atoms with E-state index in [2.05, 4.69) is 0 Å². The molecule has 0 aromatic heterocycles. The minimum Gasteiger partial charge on any atom is -0.399 e. The summed E-state index contributed by atoms with van der Waals surface area (Å²) < 4.78 is 12.0. The molecule has 1 aromatic carbocycles.